The van der Waals surface area contributed by atoms with E-state index in [-0.39, 0.29) is 6.04 Å². The Balaban J connectivity index is 1.75. The first-order valence-corrected chi connectivity index (χ1v) is 8.75. The Kier molecular flexibility index (Phi) is 5.15. The van der Waals surface area contributed by atoms with Crippen LogP contribution in [0.5, 0.6) is 0 Å². The molecule has 0 spiro atoms. The van der Waals surface area contributed by atoms with E-state index in [9.17, 15) is 13.5 Å². The maximum atomic E-state index is 11.2. The summed E-state index contributed by atoms with van der Waals surface area (Å²) in [5.74, 6) is 0. The van der Waals surface area contributed by atoms with Crippen molar-refractivity contribution in [1.82, 2.24) is 9.62 Å². The molecular formula is C14H22N2O3S. The number of aryl methyl sites for hydroxylation is 1. The van der Waals surface area contributed by atoms with Crippen molar-refractivity contribution in [1.29, 1.82) is 0 Å². The zero-order valence-corrected chi connectivity index (χ0v) is 12.5. The van der Waals surface area contributed by atoms with E-state index in [1.165, 1.54) is 5.56 Å². The van der Waals surface area contributed by atoms with Crippen molar-refractivity contribution in [3.63, 3.8) is 0 Å². The van der Waals surface area contributed by atoms with Crippen molar-refractivity contribution in [3.05, 3.63) is 35.9 Å². The van der Waals surface area contributed by atoms with Crippen LogP contribution in [0.1, 0.15) is 12.0 Å². The Hall–Kier alpha value is -0.950. The molecule has 0 saturated carbocycles. The molecule has 1 fully saturated rings. The van der Waals surface area contributed by atoms with Gasteiger partial charge >= 0.3 is 0 Å². The Bertz CT molecular complexity index is 518. The largest absolute Gasteiger partial charge is 0.390 e. The monoisotopic (exact) mass is 298 g/mol. The normalized spacial score (nSPS) is 24.1. The number of nitrogens with zero attached hydrogens (tertiary/aromatic N) is 1. The van der Waals surface area contributed by atoms with Crippen LogP contribution in [0.2, 0.25) is 0 Å². The van der Waals surface area contributed by atoms with Crippen molar-refractivity contribution in [2.75, 3.05) is 25.9 Å². The van der Waals surface area contributed by atoms with Crippen molar-refractivity contribution < 1.29 is 13.5 Å². The summed E-state index contributed by atoms with van der Waals surface area (Å²) in [6.45, 7) is 1.97. The summed E-state index contributed by atoms with van der Waals surface area (Å²) < 4.78 is 24.9. The van der Waals surface area contributed by atoms with Crippen LogP contribution in [0.25, 0.3) is 0 Å². The SMILES string of the molecule is CS(=O)(=O)N[C@@H]1CN(CCCc2ccccc2)C[C@H]1O. The summed E-state index contributed by atoms with van der Waals surface area (Å²) >= 11 is 0. The number of benzene rings is 1. The zero-order chi connectivity index (χ0) is 14.6. The molecule has 0 aromatic heterocycles. The Labute approximate surface area is 120 Å². The number of aliphatic hydroxyl groups is 1. The molecule has 1 saturated heterocycles. The minimum atomic E-state index is -3.26. The lowest BCUT2D eigenvalue weighted by atomic mass is 10.1. The molecule has 5 nitrogen and oxygen atoms in total. The molecule has 1 aliphatic rings. The zero-order valence-electron chi connectivity index (χ0n) is 11.7. The maximum Gasteiger partial charge on any atom is 0.209 e. The maximum absolute atomic E-state index is 11.2. The van der Waals surface area contributed by atoms with E-state index in [0.29, 0.717) is 13.1 Å². The third-order valence-electron chi connectivity index (χ3n) is 3.51. The third kappa shape index (κ3) is 4.86. The lowest BCUT2D eigenvalue weighted by molar-refractivity contribution is 0.161. The second-order valence-corrected chi connectivity index (χ2v) is 7.19. The average molecular weight is 298 g/mol. The summed E-state index contributed by atoms with van der Waals surface area (Å²) in [5.41, 5.74) is 1.30. The lowest BCUT2D eigenvalue weighted by Crippen LogP contribution is -2.42. The van der Waals surface area contributed by atoms with Gasteiger partial charge in [-0.05, 0) is 24.9 Å². The number of hydrogen-bond donors (Lipinski definition) is 2. The van der Waals surface area contributed by atoms with Crippen molar-refractivity contribution in [2.45, 2.75) is 25.0 Å². The molecule has 0 unspecified atom stereocenters. The van der Waals surface area contributed by atoms with Gasteiger partial charge in [0.2, 0.25) is 10.0 Å². The molecule has 1 aromatic carbocycles. The van der Waals surface area contributed by atoms with Crippen LogP contribution in [0.3, 0.4) is 0 Å². The van der Waals surface area contributed by atoms with Crippen molar-refractivity contribution in [3.8, 4) is 0 Å². The number of nitrogens with one attached hydrogen (secondary N) is 1. The van der Waals surface area contributed by atoms with Crippen molar-refractivity contribution in [2.24, 2.45) is 0 Å². The van der Waals surface area contributed by atoms with Gasteiger partial charge in [-0.2, -0.15) is 0 Å². The summed E-state index contributed by atoms with van der Waals surface area (Å²) in [7, 11) is -3.26. The highest BCUT2D eigenvalue weighted by Gasteiger charge is 2.32. The molecule has 0 aliphatic carbocycles. The number of likely N-dealkylation sites (tertiary alicyclic amines) is 1. The molecule has 0 radical (unpaired) electrons. The van der Waals surface area contributed by atoms with E-state index in [1.807, 2.05) is 18.2 Å². The fraction of sp³-hybridized carbons (Fsp3) is 0.571. The smallest absolute Gasteiger partial charge is 0.209 e. The van der Waals surface area contributed by atoms with E-state index in [0.717, 1.165) is 25.6 Å². The van der Waals surface area contributed by atoms with Gasteiger partial charge in [-0.25, -0.2) is 13.1 Å². The molecule has 6 heteroatoms. The quantitative estimate of drug-likeness (QED) is 0.788. The molecule has 2 N–H and O–H groups in total. The van der Waals surface area contributed by atoms with Gasteiger partial charge in [0.15, 0.2) is 0 Å². The summed E-state index contributed by atoms with van der Waals surface area (Å²) in [6.07, 6.45) is 2.50. The molecule has 1 heterocycles. The number of rotatable bonds is 6. The highest BCUT2D eigenvalue weighted by molar-refractivity contribution is 7.88. The molecule has 0 bridgehead atoms. The van der Waals surface area contributed by atoms with Gasteiger partial charge < -0.3 is 5.11 Å². The average Bonchev–Trinajstić information content (AvgIpc) is 2.69. The first-order chi connectivity index (χ1) is 9.44. The Morgan fingerprint density at radius 1 is 1.30 bits per heavy atom. The minimum absolute atomic E-state index is 0.387. The molecule has 0 amide bonds. The van der Waals surface area contributed by atoms with E-state index >= 15 is 0 Å². The molecule has 2 rings (SSSR count). The van der Waals surface area contributed by atoms with Gasteiger partial charge in [-0.3, -0.25) is 4.90 Å². The Morgan fingerprint density at radius 3 is 2.65 bits per heavy atom. The first-order valence-electron chi connectivity index (χ1n) is 6.86. The predicted octanol–water partition coefficient (Wildman–Crippen LogP) is 0.213. The van der Waals surface area contributed by atoms with Crippen LogP contribution < -0.4 is 4.72 Å². The van der Waals surface area contributed by atoms with E-state index < -0.39 is 16.1 Å². The highest BCUT2D eigenvalue weighted by Crippen LogP contribution is 2.12. The number of β-amino-alcohol motifs (C(OH)–C–C–N with tert-alkyl or cyclic N) is 1. The molecule has 1 aliphatic heterocycles. The van der Waals surface area contributed by atoms with Gasteiger partial charge in [0.25, 0.3) is 0 Å². The lowest BCUT2D eigenvalue weighted by Gasteiger charge is -2.15. The predicted molar refractivity (Wildman–Crippen MR) is 79.0 cm³/mol. The van der Waals surface area contributed by atoms with Gasteiger partial charge in [0.05, 0.1) is 18.4 Å². The minimum Gasteiger partial charge on any atom is -0.390 e. The van der Waals surface area contributed by atoms with Gasteiger partial charge in [0, 0.05) is 13.1 Å². The summed E-state index contributed by atoms with van der Waals surface area (Å²) in [6, 6.07) is 9.88. The number of sulfonamides is 1. The van der Waals surface area contributed by atoms with Crippen molar-refractivity contribution >= 4 is 10.0 Å². The molecule has 2 atom stereocenters. The third-order valence-corrected chi connectivity index (χ3v) is 4.24. The molecular weight excluding hydrogens is 276 g/mol. The number of aliphatic hydroxyl groups excluding tert-OH is 1. The second-order valence-electron chi connectivity index (χ2n) is 5.41. The first kappa shape index (κ1) is 15.4. The molecule has 20 heavy (non-hydrogen) atoms. The summed E-state index contributed by atoms with van der Waals surface area (Å²) in [4.78, 5) is 2.11. The summed E-state index contributed by atoms with van der Waals surface area (Å²) in [5, 5.41) is 9.87. The molecule has 1 aromatic rings. The fourth-order valence-electron chi connectivity index (χ4n) is 2.59. The van der Waals surface area contributed by atoms with E-state index in [2.05, 4.69) is 21.8 Å². The van der Waals surface area contributed by atoms with E-state index in [4.69, 9.17) is 0 Å². The topological polar surface area (TPSA) is 69.6 Å². The number of hydrogen-bond acceptors (Lipinski definition) is 4. The van der Waals surface area contributed by atoms with Crippen LogP contribution in [0.15, 0.2) is 30.3 Å². The van der Waals surface area contributed by atoms with Crippen LogP contribution in [0.4, 0.5) is 0 Å². The van der Waals surface area contributed by atoms with Crippen LogP contribution in [-0.2, 0) is 16.4 Å². The van der Waals surface area contributed by atoms with Crippen LogP contribution in [-0.4, -0.2) is 56.5 Å². The van der Waals surface area contributed by atoms with Gasteiger partial charge in [-0.15, -0.1) is 0 Å². The van der Waals surface area contributed by atoms with E-state index in [1.54, 1.807) is 0 Å². The molecule has 112 valence electrons. The van der Waals surface area contributed by atoms with Crippen LogP contribution >= 0.6 is 0 Å². The Morgan fingerprint density at radius 2 is 2.00 bits per heavy atom. The standard InChI is InChI=1S/C14H22N2O3S/c1-20(18,19)15-13-10-16(11-14(13)17)9-5-8-12-6-3-2-4-7-12/h2-4,6-7,13-15,17H,5,8-11H2,1H3/t13-,14-/m1/s1. The van der Waals surface area contributed by atoms with Gasteiger partial charge in [-0.1, -0.05) is 30.3 Å². The van der Waals surface area contributed by atoms with Crippen LogP contribution in [0, 0.1) is 0 Å². The fourth-order valence-corrected chi connectivity index (χ4v) is 3.37. The van der Waals surface area contributed by atoms with Gasteiger partial charge in [0.1, 0.15) is 0 Å². The second kappa shape index (κ2) is 6.67. The highest BCUT2D eigenvalue weighted by atomic mass is 32.2.